The summed E-state index contributed by atoms with van der Waals surface area (Å²) >= 11 is 2.99. The van der Waals surface area contributed by atoms with Crippen molar-refractivity contribution in [1.82, 2.24) is 29.7 Å². The Balaban J connectivity index is 1.39. The molecule has 0 radical (unpaired) electrons. The summed E-state index contributed by atoms with van der Waals surface area (Å²) in [6.45, 7) is 3.63. The van der Waals surface area contributed by atoms with Crippen molar-refractivity contribution < 1.29 is 9.53 Å². The molecule has 0 aliphatic heterocycles. The maximum absolute atomic E-state index is 11.6. The minimum Gasteiger partial charge on any atom is -0.470 e. The predicted octanol–water partition coefficient (Wildman–Crippen LogP) is 3.99. The van der Waals surface area contributed by atoms with Gasteiger partial charge in [0.2, 0.25) is 11.8 Å². The van der Waals surface area contributed by atoms with Gasteiger partial charge in [0, 0.05) is 12.5 Å². The molecule has 0 unspecified atom stereocenters. The number of aryl methyl sites for hydroxylation is 1. The van der Waals surface area contributed by atoms with Crippen LogP contribution >= 0.6 is 22.7 Å². The van der Waals surface area contributed by atoms with Crippen molar-refractivity contribution in [3.8, 4) is 11.7 Å². The quantitative estimate of drug-likeness (QED) is 0.349. The number of carbonyl (C=O) groups excluding carboxylic acids is 1. The number of hydrogen-bond acceptors (Lipinski definition) is 10. The third-order valence-electron chi connectivity index (χ3n) is 4.75. The van der Waals surface area contributed by atoms with Crippen LogP contribution < -0.4 is 10.5 Å². The zero-order valence-electron chi connectivity index (χ0n) is 17.8. The van der Waals surface area contributed by atoms with Crippen LogP contribution in [-0.2, 0) is 13.0 Å². The van der Waals surface area contributed by atoms with E-state index in [9.17, 15) is 4.79 Å². The van der Waals surface area contributed by atoms with E-state index in [2.05, 4.69) is 25.0 Å². The summed E-state index contributed by atoms with van der Waals surface area (Å²) in [5.41, 5.74) is 7.80. The van der Waals surface area contributed by atoms with Crippen LogP contribution in [0.2, 0.25) is 0 Å². The maximum atomic E-state index is 11.6. The molecule has 0 atom stereocenters. The van der Waals surface area contributed by atoms with Gasteiger partial charge in [-0.3, -0.25) is 4.79 Å². The summed E-state index contributed by atoms with van der Waals surface area (Å²) in [6, 6.07) is 11.5. The minimum absolute atomic E-state index is 0.0357. The number of carbonyl (C=O) groups is 1. The number of rotatable bonds is 7. The van der Waals surface area contributed by atoms with Crippen LogP contribution in [0.15, 0.2) is 41.8 Å². The number of anilines is 1. The van der Waals surface area contributed by atoms with Gasteiger partial charge in [-0.15, -0.1) is 27.8 Å². The Morgan fingerprint density at radius 3 is 2.79 bits per heavy atom. The van der Waals surface area contributed by atoms with Crippen molar-refractivity contribution in [3.63, 3.8) is 0 Å². The Bertz CT molecular complexity index is 1440. The normalized spacial score (nSPS) is 11.2. The van der Waals surface area contributed by atoms with Gasteiger partial charge in [-0.2, -0.15) is 14.6 Å². The molecule has 0 saturated heterocycles. The van der Waals surface area contributed by atoms with Gasteiger partial charge in [-0.1, -0.05) is 12.1 Å². The second-order valence-electron chi connectivity index (χ2n) is 7.33. The fourth-order valence-electron chi connectivity index (χ4n) is 3.32. The summed E-state index contributed by atoms with van der Waals surface area (Å²) in [6.07, 6.45) is 0.457. The molecule has 11 heteroatoms. The smallest absolute Gasteiger partial charge is 0.240 e. The lowest BCUT2D eigenvalue weighted by Crippen LogP contribution is -2.09. The average molecular weight is 478 g/mol. The molecule has 5 aromatic rings. The first kappa shape index (κ1) is 21.2. The third kappa shape index (κ3) is 4.59. The molecule has 4 aromatic heterocycles. The van der Waals surface area contributed by atoms with E-state index in [1.807, 2.05) is 35.7 Å². The van der Waals surface area contributed by atoms with Gasteiger partial charge in [0.05, 0.1) is 15.1 Å². The van der Waals surface area contributed by atoms with E-state index in [-0.39, 0.29) is 11.7 Å². The Hall–Kier alpha value is -3.70. The van der Waals surface area contributed by atoms with Crippen LogP contribution in [-0.4, -0.2) is 35.5 Å². The van der Waals surface area contributed by atoms with Gasteiger partial charge in [0.1, 0.15) is 23.3 Å². The molecule has 0 aliphatic carbocycles. The number of fused-ring (bicyclic) bond motifs is 1. The van der Waals surface area contributed by atoms with E-state index >= 15 is 0 Å². The Morgan fingerprint density at radius 2 is 2.00 bits per heavy atom. The topological polar surface area (TPSA) is 122 Å². The summed E-state index contributed by atoms with van der Waals surface area (Å²) in [5.74, 6) is 2.22. The van der Waals surface area contributed by atoms with Crippen LogP contribution in [0, 0.1) is 6.92 Å². The van der Waals surface area contributed by atoms with E-state index < -0.39 is 0 Å². The van der Waals surface area contributed by atoms with Crippen molar-refractivity contribution in [1.29, 1.82) is 0 Å². The lowest BCUT2D eigenvalue weighted by atomic mass is 10.2. The predicted molar refractivity (Wildman–Crippen MR) is 127 cm³/mol. The zero-order valence-corrected chi connectivity index (χ0v) is 19.5. The first-order valence-electron chi connectivity index (χ1n) is 10.1. The molecule has 0 spiro atoms. The highest BCUT2D eigenvalue weighted by molar-refractivity contribution is 7.18. The average Bonchev–Trinajstić information content (AvgIpc) is 3.50. The standard InChI is InChI=1S/C22H19N7O2S2/c1-12(30)17-7-14(11-32-17)8-18-27-22(23)28-29(18)19-9-20(25-13(2)24-19)31-10-21-26-15-5-3-4-6-16(15)33-21/h3-7,9,11H,8,10H2,1-2H3,(H2,23,28). The van der Waals surface area contributed by atoms with Gasteiger partial charge in [-0.25, -0.2) is 9.97 Å². The molecule has 2 N–H and O–H groups in total. The van der Waals surface area contributed by atoms with Gasteiger partial charge < -0.3 is 10.5 Å². The first-order chi connectivity index (χ1) is 15.9. The number of ether oxygens (including phenoxy) is 1. The van der Waals surface area contributed by atoms with Crippen LogP contribution in [0.25, 0.3) is 16.0 Å². The number of benzene rings is 1. The number of thiazole rings is 1. The number of thiophene rings is 1. The molecule has 0 amide bonds. The molecule has 1 aromatic carbocycles. The van der Waals surface area contributed by atoms with E-state index in [1.54, 1.807) is 35.9 Å². The third-order valence-corrected chi connectivity index (χ3v) is 6.84. The zero-order chi connectivity index (χ0) is 22.9. The van der Waals surface area contributed by atoms with Crippen molar-refractivity contribution in [3.05, 3.63) is 68.9 Å². The lowest BCUT2D eigenvalue weighted by molar-refractivity contribution is 0.102. The summed E-state index contributed by atoms with van der Waals surface area (Å²) in [7, 11) is 0. The van der Waals surface area contributed by atoms with E-state index in [0.29, 0.717) is 41.3 Å². The maximum Gasteiger partial charge on any atom is 0.240 e. The highest BCUT2D eigenvalue weighted by Gasteiger charge is 2.16. The number of nitrogens with zero attached hydrogens (tertiary/aromatic N) is 6. The molecule has 5 rings (SSSR count). The summed E-state index contributed by atoms with van der Waals surface area (Å²) in [5, 5.41) is 7.11. The van der Waals surface area contributed by atoms with Crippen LogP contribution in [0.1, 0.15) is 38.8 Å². The number of ketones is 1. The summed E-state index contributed by atoms with van der Waals surface area (Å²) < 4.78 is 8.62. The fraction of sp³-hybridized carbons (Fsp3) is 0.182. The van der Waals surface area contributed by atoms with Crippen molar-refractivity contribution >= 4 is 44.6 Å². The Kier molecular flexibility index (Phi) is 5.56. The Morgan fingerprint density at radius 1 is 1.15 bits per heavy atom. The van der Waals surface area contributed by atoms with Gasteiger partial charge >= 0.3 is 0 Å². The molecule has 166 valence electrons. The second-order valence-corrected chi connectivity index (χ2v) is 9.35. The molecule has 33 heavy (non-hydrogen) atoms. The molecule has 0 fully saturated rings. The van der Waals surface area contributed by atoms with E-state index in [0.717, 1.165) is 20.8 Å². The monoisotopic (exact) mass is 477 g/mol. The first-order valence-corrected chi connectivity index (χ1v) is 11.8. The van der Waals surface area contributed by atoms with Gasteiger partial charge in [0.25, 0.3) is 0 Å². The molecule has 4 heterocycles. The van der Waals surface area contributed by atoms with Gasteiger partial charge in [0.15, 0.2) is 11.6 Å². The number of hydrogen-bond donors (Lipinski definition) is 1. The van der Waals surface area contributed by atoms with E-state index in [4.69, 9.17) is 10.5 Å². The minimum atomic E-state index is 0.0357. The molecule has 0 aliphatic rings. The number of Topliss-reactive ketones (excluding diaryl/α,β-unsaturated/α-hetero) is 1. The second kappa shape index (κ2) is 8.68. The fourth-order valence-corrected chi connectivity index (χ4v) is 5.02. The number of nitrogen functional groups attached to an aromatic ring is 1. The van der Waals surface area contributed by atoms with E-state index in [1.165, 1.54) is 11.3 Å². The van der Waals surface area contributed by atoms with Crippen molar-refractivity contribution in [2.45, 2.75) is 26.9 Å². The number of aromatic nitrogens is 6. The van der Waals surface area contributed by atoms with Crippen molar-refractivity contribution in [2.24, 2.45) is 0 Å². The highest BCUT2D eigenvalue weighted by atomic mass is 32.1. The van der Waals surface area contributed by atoms with Crippen LogP contribution in [0.4, 0.5) is 5.95 Å². The lowest BCUT2D eigenvalue weighted by Gasteiger charge is -2.08. The molecule has 9 nitrogen and oxygen atoms in total. The molecular weight excluding hydrogens is 458 g/mol. The molecule has 0 bridgehead atoms. The van der Waals surface area contributed by atoms with Crippen LogP contribution in [0.3, 0.4) is 0 Å². The Labute approximate surface area is 196 Å². The largest absolute Gasteiger partial charge is 0.470 e. The highest BCUT2D eigenvalue weighted by Crippen LogP contribution is 2.24. The van der Waals surface area contributed by atoms with Gasteiger partial charge in [-0.05, 0) is 43.0 Å². The summed E-state index contributed by atoms with van der Waals surface area (Å²) in [4.78, 5) is 30.1. The SMILES string of the molecule is CC(=O)c1cc(Cc2nc(N)nn2-c2cc(OCc3nc4ccccc4s3)nc(C)n2)cs1. The van der Waals surface area contributed by atoms with Crippen molar-refractivity contribution in [2.75, 3.05) is 5.73 Å². The number of nitrogens with two attached hydrogens (primary N) is 1. The molecule has 0 saturated carbocycles. The molecular formula is C22H19N7O2S2. The van der Waals surface area contributed by atoms with Crippen LogP contribution in [0.5, 0.6) is 5.88 Å². The number of para-hydroxylation sites is 1.